The van der Waals surface area contributed by atoms with E-state index in [1.54, 1.807) is 0 Å². The first kappa shape index (κ1) is 24.8. The van der Waals surface area contributed by atoms with Crippen molar-refractivity contribution in [1.82, 2.24) is 15.2 Å². The van der Waals surface area contributed by atoms with Crippen LogP contribution in [0.15, 0.2) is 66.9 Å². The summed E-state index contributed by atoms with van der Waals surface area (Å²) in [5.74, 6) is 9.11. The van der Waals surface area contributed by atoms with Crippen LogP contribution in [-0.2, 0) is 0 Å². The molecule has 2 aliphatic rings. The van der Waals surface area contributed by atoms with E-state index in [-0.39, 0.29) is 0 Å². The van der Waals surface area contributed by atoms with Gasteiger partial charge in [0.05, 0.1) is 0 Å². The van der Waals surface area contributed by atoms with Crippen LogP contribution in [0.4, 0.5) is 0 Å². The summed E-state index contributed by atoms with van der Waals surface area (Å²) in [6.07, 6.45) is 7.26. The topological polar surface area (TPSA) is 37.4 Å². The number of aromatic nitrogens is 1. The Balaban J connectivity index is 1.05. The zero-order valence-electron chi connectivity index (χ0n) is 20.8. The minimum Gasteiger partial charge on any atom is -0.492 e. The molecule has 2 fully saturated rings. The lowest BCUT2D eigenvalue weighted by Crippen LogP contribution is -2.40. The standard InChI is InChI=1S/C31H34ClN3O/c32-29-7-4-25(5-8-29)28-6-10-30(34-23-28)9-1-24-2-11-31(12-3-24)36-22-21-35-19-15-27(16-20-35)26-13-17-33-18-14-26/h2-8,10-12,23,26-27,33H,13-22H2. The maximum atomic E-state index is 6.01. The SMILES string of the molecule is Clc1ccc(-c2ccc(C#Cc3ccc(OCCN4CCC(C5CCNCC5)CC4)cc3)nc2)cc1. The van der Waals surface area contributed by atoms with Crippen LogP contribution in [0.2, 0.25) is 5.02 Å². The Kier molecular flexibility index (Phi) is 8.56. The molecular formula is C31H34ClN3O. The molecule has 3 heterocycles. The third kappa shape index (κ3) is 6.89. The van der Waals surface area contributed by atoms with Crippen molar-refractivity contribution in [1.29, 1.82) is 0 Å². The number of benzene rings is 2. The Labute approximate surface area is 220 Å². The molecule has 0 saturated carbocycles. The van der Waals surface area contributed by atoms with Crippen molar-refractivity contribution in [3.05, 3.63) is 83.1 Å². The zero-order valence-corrected chi connectivity index (χ0v) is 21.5. The first-order chi connectivity index (χ1) is 17.7. The van der Waals surface area contributed by atoms with Crippen LogP contribution < -0.4 is 10.1 Å². The van der Waals surface area contributed by atoms with Gasteiger partial charge in [-0.3, -0.25) is 4.90 Å². The van der Waals surface area contributed by atoms with Gasteiger partial charge >= 0.3 is 0 Å². The highest BCUT2D eigenvalue weighted by atomic mass is 35.5. The van der Waals surface area contributed by atoms with Gasteiger partial charge in [0, 0.05) is 28.9 Å². The molecule has 0 spiro atoms. The molecule has 5 rings (SSSR count). The summed E-state index contributed by atoms with van der Waals surface area (Å²) in [4.78, 5) is 7.05. The Morgan fingerprint density at radius 1 is 0.833 bits per heavy atom. The van der Waals surface area contributed by atoms with Crippen molar-refractivity contribution in [2.75, 3.05) is 39.3 Å². The maximum Gasteiger partial charge on any atom is 0.119 e. The lowest BCUT2D eigenvalue weighted by atomic mass is 9.79. The Morgan fingerprint density at radius 2 is 1.53 bits per heavy atom. The summed E-state index contributed by atoms with van der Waals surface area (Å²) < 4.78 is 6.01. The number of hydrogen-bond acceptors (Lipinski definition) is 4. The average molecular weight is 500 g/mol. The molecule has 2 aromatic carbocycles. The number of piperidine rings is 2. The van der Waals surface area contributed by atoms with Crippen LogP contribution in [0, 0.1) is 23.7 Å². The van der Waals surface area contributed by atoms with Gasteiger partial charge in [-0.05, 0) is 118 Å². The molecule has 5 heteroatoms. The van der Waals surface area contributed by atoms with E-state index >= 15 is 0 Å². The molecule has 36 heavy (non-hydrogen) atoms. The summed E-state index contributed by atoms with van der Waals surface area (Å²) in [5.41, 5.74) is 3.83. The Bertz CT molecular complexity index is 1150. The smallest absolute Gasteiger partial charge is 0.119 e. The Morgan fingerprint density at radius 3 is 2.22 bits per heavy atom. The van der Waals surface area contributed by atoms with E-state index in [0.29, 0.717) is 0 Å². The number of hydrogen-bond donors (Lipinski definition) is 1. The number of ether oxygens (including phenoxy) is 1. The third-order valence-corrected chi connectivity index (χ3v) is 7.74. The van der Waals surface area contributed by atoms with E-state index in [2.05, 4.69) is 27.0 Å². The average Bonchev–Trinajstić information content (AvgIpc) is 2.94. The van der Waals surface area contributed by atoms with E-state index in [9.17, 15) is 0 Å². The first-order valence-corrected chi connectivity index (χ1v) is 13.5. The van der Waals surface area contributed by atoms with Crippen molar-refractivity contribution < 1.29 is 4.74 Å². The van der Waals surface area contributed by atoms with Crippen LogP contribution in [0.25, 0.3) is 11.1 Å². The number of rotatable bonds is 6. The van der Waals surface area contributed by atoms with Gasteiger partial charge < -0.3 is 10.1 Å². The number of likely N-dealkylation sites (tertiary alicyclic amines) is 1. The molecule has 0 radical (unpaired) electrons. The molecule has 1 N–H and O–H groups in total. The largest absolute Gasteiger partial charge is 0.492 e. The van der Waals surface area contributed by atoms with Gasteiger partial charge in [0.25, 0.3) is 0 Å². The van der Waals surface area contributed by atoms with Crippen molar-refractivity contribution >= 4 is 11.6 Å². The van der Waals surface area contributed by atoms with Crippen LogP contribution >= 0.6 is 11.6 Å². The summed E-state index contributed by atoms with van der Waals surface area (Å²) in [7, 11) is 0. The molecular weight excluding hydrogens is 466 g/mol. The molecule has 2 saturated heterocycles. The van der Waals surface area contributed by atoms with Gasteiger partial charge in [-0.1, -0.05) is 35.7 Å². The molecule has 0 aliphatic carbocycles. The molecule has 186 valence electrons. The quantitative estimate of drug-likeness (QED) is 0.429. The van der Waals surface area contributed by atoms with Crippen molar-refractivity contribution in [2.24, 2.45) is 11.8 Å². The van der Waals surface area contributed by atoms with Crippen LogP contribution in [0.3, 0.4) is 0 Å². The van der Waals surface area contributed by atoms with Crippen LogP contribution in [0.1, 0.15) is 36.9 Å². The fourth-order valence-corrected chi connectivity index (χ4v) is 5.43. The molecule has 0 atom stereocenters. The van der Waals surface area contributed by atoms with Gasteiger partial charge in [0.1, 0.15) is 18.1 Å². The van der Waals surface area contributed by atoms with E-state index in [0.717, 1.165) is 58.1 Å². The molecule has 0 amide bonds. The van der Waals surface area contributed by atoms with Gasteiger partial charge in [-0.2, -0.15) is 0 Å². The highest BCUT2D eigenvalue weighted by Gasteiger charge is 2.27. The van der Waals surface area contributed by atoms with Crippen LogP contribution in [0.5, 0.6) is 5.75 Å². The molecule has 0 bridgehead atoms. The second-order valence-corrected chi connectivity index (χ2v) is 10.3. The van der Waals surface area contributed by atoms with Gasteiger partial charge in [-0.15, -0.1) is 0 Å². The van der Waals surface area contributed by atoms with E-state index < -0.39 is 0 Å². The number of nitrogens with zero attached hydrogens (tertiary/aromatic N) is 2. The fraction of sp³-hybridized carbons (Fsp3) is 0.387. The highest BCUT2D eigenvalue weighted by Crippen LogP contribution is 2.30. The lowest BCUT2D eigenvalue weighted by molar-refractivity contribution is 0.116. The lowest BCUT2D eigenvalue weighted by Gasteiger charge is -2.37. The molecule has 2 aliphatic heterocycles. The van der Waals surface area contributed by atoms with Crippen molar-refractivity contribution in [3.63, 3.8) is 0 Å². The summed E-state index contributed by atoms with van der Waals surface area (Å²) in [6.45, 7) is 6.56. The maximum absolute atomic E-state index is 6.01. The highest BCUT2D eigenvalue weighted by molar-refractivity contribution is 6.30. The molecule has 4 nitrogen and oxygen atoms in total. The Hall–Kier alpha value is -2.84. The molecule has 0 unspecified atom stereocenters. The normalized spacial score (nSPS) is 17.4. The van der Waals surface area contributed by atoms with E-state index in [4.69, 9.17) is 16.3 Å². The summed E-state index contributed by atoms with van der Waals surface area (Å²) >= 11 is 5.97. The molecule has 3 aromatic rings. The number of pyridine rings is 1. The number of nitrogens with one attached hydrogen (secondary N) is 1. The summed E-state index contributed by atoms with van der Waals surface area (Å²) in [6, 6.07) is 19.8. The first-order valence-electron chi connectivity index (χ1n) is 13.1. The van der Waals surface area contributed by atoms with Gasteiger partial charge in [0.15, 0.2) is 0 Å². The van der Waals surface area contributed by atoms with Gasteiger partial charge in [-0.25, -0.2) is 4.98 Å². The predicted octanol–water partition coefficient (Wildman–Crippen LogP) is 5.89. The zero-order chi connectivity index (χ0) is 24.6. The van der Waals surface area contributed by atoms with Crippen molar-refractivity contribution in [2.45, 2.75) is 25.7 Å². The molecule has 1 aromatic heterocycles. The second kappa shape index (κ2) is 12.4. The minimum atomic E-state index is 0.729. The third-order valence-electron chi connectivity index (χ3n) is 7.49. The van der Waals surface area contributed by atoms with E-state index in [1.807, 2.05) is 66.9 Å². The van der Waals surface area contributed by atoms with Crippen molar-refractivity contribution in [3.8, 4) is 28.7 Å². The van der Waals surface area contributed by atoms with E-state index in [1.165, 1.54) is 51.9 Å². The fourth-order valence-electron chi connectivity index (χ4n) is 5.31. The van der Waals surface area contributed by atoms with Gasteiger partial charge in [0.2, 0.25) is 0 Å². The summed E-state index contributed by atoms with van der Waals surface area (Å²) in [5, 5.41) is 4.22. The minimum absolute atomic E-state index is 0.729. The second-order valence-electron chi connectivity index (χ2n) is 9.83. The van der Waals surface area contributed by atoms with Crippen LogP contribution in [-0.4, -0.2) is 49.2 Å². The predicted molar refractivity (Wildman–Crippen MR) is 147 cm³/mol. The monoisotopic (exact) mass is 499 g/mol. The number of halogens is 1.